The highest BCUT2D eigenvalue weighted by Gasteiger charge is 2.24. The third-order valence-corrected chi connectivity index (χ3v) is 4.86. The summed E-state index contributed by atoms with van der Waals surface area (Å²) in [6, 6.07) is 1.80. The van der Waals surface area contributed by atoms with Gasteiger partial charge in [-0.15, -0.1) is 0 Å². The van der Waals surface area contributed by atoms with Gasteiger partial charge in [0.15, 0.2) is 5.75 Å². The largest absolute Gasteiger partial charge is 0.503 e. The molecule has 1 aromatic heterocycles. The van der Waals surface area contributed by atoms with Crippen LogP contribution in [-0.2, 0) is 6.54 Å². The van der Waals surface area contributed by atoms with Crippen LogP contribution in [0.3, 0.4) is 0 Å². The second kappa shape index (κ2) is 7.29. The molecule has 0 saturated carbocycles. The van der Waals surface area contributed by atoms with Crippen LogP contribution in [0.2, 0.25) is 0 Å². The predicted octanol–water partition coefficient (Wildman–Crippen LogP) is 2.18. The Labute approximate surface area is 132 Å². The van der Waals surface area contributed by atoms with Crippen molar-refractivity contribution in [2.24, 2.45) is 0 Å². The van der Waals surface area contributed by atoms with E-state index in [1.165, 1.54) is 12.5 Å². The van der Waals surface area contributed by atoms with Crippen LogP contribution in [0.5, 0.6) is 5.75 Å². The van der Waals surface area contributed by atoms with Crippen LogP contribution >= 0.6 is 0 Å². The number of aliphatic hydroxyl groups excluding tert-OH is 1. The lowest BCUT2D eigenvalue weighted by Crippen LogP contribution is -2.38. The van der Waals surface area contributed by atoms with Gasteiger partial charge in [0.2, 0.25) is 5.43 Å². The average Bonchev–Trinajstić information content (AvgIpc) is 2.50. The van der Waals surface area contributed by atoms with E-state index in [0.29, 0.717) is 18.3 Å². The van der Waals surface area contributed by atoms with E-state index in [0.717, 1.165) is 31.5 Å². The first kappa shape index (κ1) is 17.0. The van der Waals surface area contributed by atoms with E-state index in [-0.39, 0.29) is 23.8 Å². The molecule has 0 aromatic carbocycles. The molecule has 0 spiro atoms. The Kier molecular flexibility index (Phi) is 5.64. The Morgan fingerprint density at radius 3 is 2.73 bits per heavy atom. The Morgan fingerprint density at radius 1 is 1.41 bits per heavy atom. The molecule has 1 aliphatic rings. The fourth-order valence-corrected chi connectivity index (χ4v) is 3.43. The van der Waals surface area contributed by atoms with Crippen LogP contribution < -0.4 is 5.43 Å². The Balaban J connectivity index is 2.45. The van der Waals surface area contributed by atoms with E-state index in [2.05, 4.69) is 11.8 Å². The fourth-order valence-electron chi connectivity index (χ4n) is 3.43. The van der Waals surface area contributed by atoms with E-state index in [9.17, 15) is 15.0 Å². The number of aliphatic hydroxyl groups is 1. The van der Waals surface area contributed by atoms with Gasteiger partial charge >= 0.3 is 0 Å². The number of aryl methyl sites for hydroxylation is 1. The van der Waals surface area contributed by atoms with Crippen molar-refractivity contribution in [3.63, 3.8) is 0 Å². The first-order chi connectivity index (χ1) is 10.5. The summed E-state index contributed by atoms with van der Waals surface area (Å²) in [4.78, 5) is 14.3. The van der Waals surface area contributed by atoms with Gasteiger partial charge in [0, 0.05) is 24.3 Å². The number of aromatic nitrogens is 1. The van der Waals surface area contributed by atoms with Crippen molar-refractivity contribution in [2.45, 2.75) is 65.1 Å². The second-order valence-electron chi connectivity index (χ2n) is 6.38. The zero-order valence-electron chi connectivity index (χ0n) is 13.9. The molecule has 2 atom stereocenters. The summed E-state index contributed by atoms with van der Waals surface area (Å²) in [5, 5.41) is 20.0. The van der Waals surface area contributed by atoms with E-state index >= 15 is 0 Å². The van der Waals surface area contributed by atoms with Crippen molar-refractivity contribution in [2.75, 3.05) is 13.2 Å². The van der Waals surface area contributed by atoms with E-state index in [1.807, 2.05) is 18.4 Å². The maximum absolute atomic E-state index is 12.0. The Bertz CT molecular complexity index is 564. The molecule has 124 valence electrons. The molecule has 2 heterocycles. The zero-order chi connectivity index (χ0) is 16.3. The van der Waals surface area contributed by atoms with Gasteiger partial charge in [-0.1, -0.05) is 13.3 Å². The van der Waals surface area contributed by atoms with E-state index < -0.39 is 0 Å². The number of piperidine rings is 1. The van der Waals surface area contributed by atoms with Crippen LogP contribution in [0.15, 0.2) is 10.9 Å². The third kappa shape index (κ3) is 3.36. The average molecular weight is 308 g/mol. The van der Waals surface area contributed by atoms with Gasteiger partial charge in [-0.2, -0.15) is 0 Å². The van der Waals surface area contributed by atoms with Gasteiger partial charge < -0.3 is 14.8 Å². The van der Waals surface area contributed by atoms with Crippen LogP contribution in [0, 0.1) is 6.92 Å². The number of hydrogen-bond acceptors (Lipinski definition) is 4. The monoisotopic (exact) mass is 308 g/mol. The molecule has 1 fully saturated rings. The topological polar surface area (TPSA) is 65.7 Å². The lowest BCUT2D eigenvalue weighted by molar-refractivity contribution is 0.142. The zero-order valence-corrected chi connectivity index (χ0v) is 13.9. The smallest absolute Gasteiger partial charge is 0.223 e. The first-order valence-electron chi connectivity index (χ1n) is 8.28. The Morgan fingerprint density at radius 2 is 2.14 bits per heavy atom. The highest BCUT2D eigenvalue weighted by Crippen LogP contribution is 2.26. The molecule has 2 N–H and O–H groups in total. The summed E-state index contributed by atoms with van der Waals surface area (Å²) in [6.45, 7) is 7.60. The molecule has 0 amide bonds. The van der Waals surface area contributed by atoms with Crippen LogP contribution in [-0.4, -0.2) is 38.9 Å². The molecule has 0 aliphatic carbocycles. The number of hydrogen-bond donors (Lipinski definition) is 2. The summed E-state index contributed by atoms with van der Waals surface area (Å²) in [7, 11) is 0. The van der Waals surface area contributed by atoms with Crippen molar-refractivity contribution >= 4 is 0 Å². The fraction of sp³-hybridized carbons (Fsp3) is 0.706. The second-order valence-corrected chi connectivity index (χ2v) is 6.38. The minimum Gasteiger partial charge on any atom is -0.503 e. The maximum Gasteiger partial charge on any atom is 0.223 e. The SMILES string of the molecule is CCC(CO)n1c(C)cc(=O)c(O)c1CN1CCCCC1C. The highest BCUT2D eigenvalue weighted by atomic mass is 16.3. The summed E-state index contributed by atoms with van der Waals surface area (Å²) >= 11 is 0. The number of pyridine rings is 1. The molecular weight excluding hydrogens is 280 g/mol. The predicted molar refractivity (Wildman–Crippen MR) is 87.2 cm³/mol. The summed E-state index contributed by atoms with van der Waals surface area (Å²) in [6.07, 6.45) is 4.28. The number of likely N-dealkylation sites (tertiary alicyclic amines) is 1. The lowest BCUT2D eigenvalue weighted by Gasteiger charge is -2.35. The molecule has 1 aromatic rings. The number of rotatable bonds is 5. The molecule has 2 rings (SSSR count). The van der Waals surface area contributed by atoms with Gasteiger partial charge in [0.05, 0.1) is 18.3 Å². The number of nitrogens with zero attached hydrogens (tertiary/aromatic N) is 2. The van der Waals surface area contributed by atoms with Crippen molar-refractivity contribution in [1.82, 2.24) is 9.47 Å². The lowest BCUT2D eigenvalue weighted by atomic mass is 10.0. The van der Waals surface area contributed by atoms with Crippen LogP contribution in [0.25, 0.3) is 0 Å². The molecular formula is C17H28N2O3. The van der Waals surface area contributed by atoms with E-state index in [4.69, 9.17) is 0 Å². The molecule has 0 radical (unpaired) electrons. The normalized spacial score (nSPS) is 21.0. The minimum absolute atomic E-state index is 0.00219. The van der Waals surface area contributed by atoms with Gasteiger partial charge in [0.1, 0.15) is 0 Å². The van der Waals surface area contributed by atoms with Crippen molar-refractivity contribution < 1.29 is 10.2 Å². The van der Waals surface area contributed by atoms with Gasteiger partial charge in [-0.3, -0.25) is 9.69 Å². The molecule has 5 nitrogen and oxygen atoms in total. The van der Waals surface area contributed by atoms with Crippen LogP contribution in [0.4, 0.5) is 0 Å². The van der Waals surface area contributed by atoms with Crippen molar-refractivity contribution in [1.29, 1.82) is 0 Å². The number of aromatic hydroxyl groups is 1. The standard InChI is InChI=1S/C17H28N2O3/c1-4-14(11-20)19-13(3)9-16(21)17(22)15(19)10-18-8-6-5-7-12(18)2/h9,12,14,20,22H,4-8,10-11H2,1-3H3. The summed E-state index contributed by atoms with van der Waals surface area (Å²) in [5.74, 6) is -0.171. The molecule has 22 heavy (non-hydrogen) atoms. The highest BCUT2D eigenvalue weighted by molar-refractivity contribution is 5.30. The van der Waals surface area contributed by atoms with Crippen molar-refractivity contribution in [3.8, 4) is 5.75 Å². The molecule has 5 heteroatoms. The van der Waals surface area contributed by atoms with Gasteiger partial charge in [0.25, 0.3) is 0 Å². The molecule has 2 unspecified atom stereocenters. The van der Waals surface area contributed by atoms with Crippen LogP contribution in [0.1, 0.15) is 57.0 Å². The Hall–Kier alpha value is -1.33. The molecule has 0 bridgehead atoms. The van der Waals surface area contributed by atoms with Gasteiger partial charge in [-0.05, 0) is 39.7 Å². The maximum atomic E-state index is 12.0. The minimum atomic E-state index is -0.332. The van der Waals surface area contributed by atoms with E-state index in [1.54, 1.807) is 0 Å². The molecule has 1 saturated heterocycles. The van der Waals surface area contributed by atoms with Crippen molar-refractivity contribution in [3.05, 3.63) is 27.7 Å². The summed E-state index contributed by atoms with van der Waals surface area (Å²) in [5.41, 5.74) is 1.10. The first-order valence-corrected chi connectivity index (χ1v) is 8.28. The summed E-state index contributed by atoms with van der Waals surface area (Å²) < 4.78 is 1.94. The quantitative estimate of drug-likeness (QED) is 0.875. The third-order valence-electron chi connectivity index (χ3n) is 4.86. The molecule has 1 aliphatic heterocycles. The van der Waals surface area contributed by atoms with Gasteiger partial charge in [-0.25, -0.2) is 0 Å².